The van der Waals surface area contributed by atoms with E-state index in [1.165, 1.54) is 13.2 Å². The van der Waals surface area contributed by atoms with Crippen molar-refractivity contribution in [3.05, 3.63) is 77.2 Å². The van der Waals surface area contributed by atoms with Crippen LogP contribution in [0, 0.1) is 11.8 Å². The highest BCUT2D eigenvalue weighted by Crippen LogP contribution is 2.37. The second-order valence-electron chi connectivity index (χ2n) is 15.9. The van der Waals surface area contributed by atoms with Crippen molar-refractivity contribution in [3.8, 4) is 5.75 Å². The van der Waals surface area contributed by atoms with Gasteiger partial charge in [0.05, 0.1) is 35.5 Å². The second kappa shape index (κ2) is 16.4. The molecule has 310 valence electrons. The number of nitrogens with zero attached hydrogens (tertiary/aromatic N) is 5. The molecule has 17 heteroatoms. The van der Waals surface area contributed by atoms with E-state index >= 15 is 0 Å². The van der Waals surface area contributed by atoms with Gasteiger partial charge in [0.1, 0.15) is 23.2 Å². The molecule has 4 aromatic rings. The van der Waals surface area contributed by atoms with Crippen LogP contribution in [-0.4, -0.2) is 93.4 Å². The molecule has 1 atom stereocenters. The summed E-state index contributed by atoms with van der Waals surface area (Å²) in [5, 5.41) is 13.9. The minimum absolute atomic E-state index is 0.0735. The number of piperidine rings is 2. The minimum Gasteiger partial charge on any atom is -0.494 e. The highest BCUT2D eigenvalue weighted by Gasteiger charge is 2.45. The van der Waals surface area contributed by atoms with E-state index in [9.17, 15) is 37.1 Å². The molecule has 1 saturated carbocycles. The number of carbonyl (C=O) groups excluding carboxylic acids is 5. The zero-order valence-electron chi connectivity index (χ0n) is 32.5. The van der Waals surface area contributed by atoms with Crippen molar-refractivity contribution >= 4 is 51.8 Å². The van der Waals surface area contributed by atoms with Crippen LogP contribution in [0.2, 0.25) is 0 Å². The van der Waals surface area contributed by atoms with Crippen LogP contribution in [0.4, 0.5) is 24.5 Å². The van der Waals surface area contributed by atoms with E-state index in [0.717, 1.165) is 87.0 Å². The van der Waals surface area contributed by atoms with E-state index < -0.39 is 47.4 Å². The summed E-state index contributed by atoms with van der Waals surface area (Å²) in [6, 6.07) is 10.9. The van der Waals surface area contributed by atoms with E-state index in [1.807, 2.05) is 10.9 Å². The molecule has 1 aliphatic carbocycles. The summed E-state index contributed by atoms with van der Waals surface area (Å²) in [7, 11) is 1.45. The number of aromatic nitrogens is 3. The molecule has 5 heterocycles. The first-order valence-electron chi connectivity index (χ1n) is 20.1. The van der Waals surface area contributed by atoms with E-state index in [4.69, 9.17) is 9.84 Å². The van der Waals surface area contributed by atoms with Gasteiger partial charge in [0, 0.05) is 42.8 Å². The number of carbonyl (C=O) groups is 5. The van der Waals surface area contributed by atoms with Crippen molar-refractivity contribution in [3.63, 3.8) is 0 Å². The van der Waals surface area contributed by atoms with Gasteiger partial charge in [-0.25, -0.2) is 4.98 Å². The summed E-state index contributed by atoms with van der Waals surface area (Å²) >= 11 is 0. The molecule has 0 bridgehead atoms. The van der Waals surface area contributed by atoms with Crippen molar-refractivity contribution in [2.24, 2.45) is 11.8 Å². The number of fused-ring (bicyclic) bond motifs is 2. The number of ether oxygens (including phenoxy) is 1. The van der Waals surface area contributed by atoms with Crippen molar-refractivity contribution < 1.29 is 41.9 Å². The molecule has 4 aliphatic rings. The molecule has 0 radical (unpaired) electrons. The number of halogens is 3. The molecule has 3 aliphatic heterocycles. The molecule has 14 nitrogen and oxygen atoms in total. The van der Waals surface area contributed by atoms with Gasteiger partial charge in [-0.2, -0.15) is 18.3 Å². The number of alkyl halides is 3. The lowest BCUT2D eigenvalue weighted by Crippen LogP contribution is -2.54. The monoisotopic (exact) mass is 814 g/mol. The van der Waals surface area contributed by atoms with Crippen LogP contribution < -0.4 is 20.7 Å². The van der Waals surface area contributed by atoms with Crippen molar-refractivity contribution in [1.82, 2.24) is 29.9 Å². The van der Waals surface area contributed by atoms with Gasteiger partial charge < -0.3 is 20.3 Å². The Balaban J connectivity index is 0.793. The number of rotatable bonds is 11. The number of hydrogen-bond acceptors (Lipinski definition) is 10. The molecule has 5 amide bonds. The molecule has 2 saturated heterocycles. The summed E-state index contributed by atoms with van der Waals surface area (Å²) in [6.07, 6.45) is 4.63. The summed E-state index contributed by atoms with van der Waals surface area (Å²) < 4.78 is 47.0. The first kappa shape index (κ1) is 40.0. The van der Waals surface area contributed by atoms with E-state index in [0.29, 0.717) is 41.0 Å². The molecule has 59 heavy (non-hydrogen) atoms. The maximum Gasteiger partial charge on any atom is 0.433 e. The lowest BCUT2D eigenvalue weighted by Gasteiger charge is -2.36. The number of likely N-dealkylation sites (tertiary alicyclic amines) is 1. The number of imide groups is 2. The van der Waals surface area contributed by atoms with Gasteiger partial charge in [-0.15, -0.1) is 0 Å². The Morgan fingerprint density at radius 1 is 0.915 bits per heavy atom. The van der Waals surface area contributed by atoms with Gasteiger partial charge in [0.25, 0.3) is 17.7 Å². The van der Waals surface area contributed by atoms with Crippen LogP contribution in [0.25, 0.3) is 10.9 Å². The van der Waals surface area contributed by atoms with Gasteiger partial charge in [0.2, 0.25) is 11.8 Å². The summed E-state index contributed by atoms with van der Waals surface area (Å²) in [6.45, 7) is 3.74. The van der Waals surface area contributed by atoms with Gasteiger partial charge in [-0.05, 0) is 107 Å². The molecule has 3 N–H and O–H groups in total. The van der Waals surface area contributed by atoms with Crippen molar-refractivity contribution in [2.75, 3.05) is 43.9 Å². The molecular weight excluding hydrogens is 770 g/mol. The molecule has 1 unspecified atom stereocenters. The fourth-order valence-corrected chi connectivity index (χ4v) is 8.92. The zero-order chi connectivity index (χ0) is 41.4. The molecular formula is C42H45F3N8O6. The standard InChI is InChI=1S/C42H45F3N8O6/c1-59-34-21-31-26(20-32(34)48-38(55)30-6-3-7-35(47-30)42(43,44)45)23-52(50-31)27-10-8-25(9-11-27)22-51-18-15-24(16-19-51)14-17-46-29-5-2-4-28-37(29)41(58)53(40(28)57)33-12-13-36(54)49-39(33)56/h2-7,20-21,23-25,27,33,46H,8-19,22H2,1H3,(H,48,55)(H,49,54,56). The fraction of sp³-hybridized carbons (Fsp3) is 0.452. The summed E-state index contributed by atoms with van der Waals surface area (Å²) in [5.41, 5.74) is 0.609. The molecule has 8 rings (SSSR count). The number of benzene rings is 2. The zero-order valence-corrected chi connectivity index (χ0v) is 32.5. The molecule has 3 fully saturated rings. The second-order valence-corrected chi connectivity index (χ2v) is 15.9. The predicted molar refractivity (Wildman–Crippen MR) is 210 cm³/mol. The topological polar surface area (TPSA) is 168 Å². The normalized spacial score (nSPS) is 21.8. The van der Waals surface area contributed by atoms with Crippen molar-refractivity contribution in [2.45, 2.75) is 76.0 Å². The molecule has 0 spiro atoms. The van der Waals surface area contributed by atoms with Crippen LogP contribution >= 0.6 is 0 Å². The highest BCUT2D eigenvalue weighted by molar-refractivity contribution is 6.25. The van der Waals surface area contributed by atoms with Gasteiger partial charge in [0.15, 0.2) is 0 Å². The average Bonchev–Trinajstić information content (AvgIpc) is 3.75. The Kier molecular flexibility index (Phi) is 11.1. The Bertz CT molecular complexity index is 2300. The maximum absolute atomic E-state index is 13.4. The Morgan fingerprint density at radius 2 is 1.68 bits per heavy atom. The predicted octanol–water partition coefficient (Wildman–Crippen LogP) is 6.06. The summed E-state index contributed by atoms with van der Waals surface area (Å²) in [4.78, 5) is 70.6. The Labute approximate surface area is 337 Å². The smallest absolute Gasteiger partial charge is 0.433 e. The Hall–Kier alpha value is -5.84. The van der Waals surface area contributed by atoms with Crippen LogP contribution in [0.15, 0.2) is 54.7 Å². The SMILES string of the molecule is COc1cc2nn(C3CCC(CN4CCC(CCNc5cccc6c5C(=O)N(C5CCC(=O)NC5=O)C6=O)CC4)CC3)cc2cc1NC(=O)c1cccc(C(F)(F)F)n1. The third kappa shape index (κ3) is 8.38. The third-order valence-corrected chi connectivity index (χ3v) is 12.1. The van der Waals surface area contributed by atoms with E-state index in [2.05, 4.69) is 25.8 Å². The largest absolute Gasteiger partial charge is 0.494 e. The first-order chi connectivity index (χ1) is 28.4. The van der Waals surface area contributed by atoms with Crippen LogP contribution in [0.5, 0.6) is 5.75 Å². The third-order valence-electron chi connectivity index (χ3n) is 12.1. The average molecular weight is 815 g/mol. The van der Waals surface area contributed by atoms with Crippen LogP contribution in [0.1, 0.15) is 101 Å². The number of amides is 5. The number of nitrogens with one attached hydrogen (secondary N) is 3. The lowest BCUT2D eigenvalue weighted by atomic mass is 9.85. The van der Waals surface area contributed by atoms with Crippen LogP contribution in [-0.2, 0) is 15.8 Å². The van der Waals surface area contributed by atoms with Crippen LogP contribution in [0.3, 0.4) is 0 Å². The number of pyridine rings is 1. The molecule has 2 aromatic carbocycles. The minimum atomic E-state index is -4.67. The number of methoxy groups -OCH3 is 1. The maximum atomic E-state index is 13.4. The van der Waals surface area contributed by atoms with E-state index in [-0.39, 0.29) is 35.7 Å². The van der Waals surface area contributed by atoms with Gasteiger partial charge >= 0.3 is 6.18 Å². The number of hydrogen-bond donors (Lipinski definition) is 3. The fourth-order valence-electron chi connectivity index (χ4n) is 8.92. The summed E-state index contributed by atoms with van der Waals surface area (Å²) in [5.74, 6) is -1.40. The molecule has 2 aromatic heterocycles. The Morgan fingerprint density at radius 3 is 2.41 bits per heavy atom. The van der Waals surface area contributed by atoms with Gasteiger partial charge in [-0.3, -0.25) is 38.9 Å². The van der Waals surface area contributed by atoms with Gasteiger partial charge in [-0.1, -0.05) is 12.1 Å². The number of anilines is 2. The lowest BCUT2D eigenvalue weighted by molar-refractivity contribution is -0.141. The van der Waals surface area contributed by atoms with E-state index in [1.54, 1.807) is 30.3 Å². The van der Waals surface area contributed by atoms with Crippen molar-refractivity contribution in [1.29, 1.82) is 0 Å². The highest BCUT2D eigenvalue weighted by atomic mass is 19.4. The first-order valence-corrected chi connectivity index (χ1v) is 20.1. The quantitative estimate of drug-likeness (QED) is 0.152.